The van der Waals surface area contributed by atoms with Crippen molar-refractivity contribution in [2.45, 2.75) is 39.2 Å². The van der Waals surface area contributed by atoms with Gasteiger partial charge in [0.25, 0.3) is 5.91 Å². The van der Waals surface area contributed by atoms with Crippen molar-refractivity contribution < 1.29 is 4.79 Å². The SMILES string of the molecule is CCCNc1ncccc1C(=O)NCC(C)N1CCCC1. The number of aromatic nitrogens is 1. The summed E-state index contributed by atoms with van der Waals surface area (Å²) in [6, 6.07) is 4.01. The molecular weight excluding hydrogens is 264 g/mol. The van der Waals surface area contributed by atoms with Gasteiger partial charge < -0.3 is 10.6 Å². The zero-order valence-electron chi connectivity index (χ0n) is 13.1. The van der Waals surface area contributed by atoms with Gasteiger partial charge in [0.2, 0.25) is 0 Å². The van der Waals surface area contributed by atoms with Gasteiger partial charge in [0.05, 0.1) is 5.56 Å². The molecule has 0 bridgehead atoms. The molecule has 116 valence electrons. The summed E-state index contributed by atoms with van der Waals surface area (Å²) in [5.74, 6) is 0.624. The molecule has 1 aromatic heterocycles. The zero-order valence-corrected chi connectivity index (χ0v) is 13.1. The van der Waals surface area contributed by atoms with E-state index in [0.717, 1.165) is 26.1 Å². The zero-order chi connectivity index (χ0) is 15.1. The van der Waals surface area contributed by atoms with E-state index in [-0.39, 0.29) is 5.91 Å². The van der Waals surface area contributed by atoms with Crippen LogP contribution < -0.4 is 10.6 Å². The van der Waals surface area contributed by atoms with Crippen LogP contribution in [-0.4, -0.2) is 48.0 Å². The Morgan fingerprint density at radius 1 is 1.43 bits per heavy atom. The molecule has 1 saturated heterocycles. The Balaban J connectivity index is 1.90. The second kappa shape index (κ2) is 7.98. The number of anilines is 1. The molecule has 5 nitrogen and oxygen atoms in total. The molecule has 1 aliphatic rings. The fraction of sp³-hybridized carbons (Fsp3) is 0.625. The molecule has 0 saturated carbocycles. The fourth-order valence-electron chi connectivity index (χ4n) is 2.62. The van der Waals surface area contributed by atoms with Gasteiger partial charge in [-0.15, -0.1) is 0 Å². The standard InChI is InChI=1S/C16H26N4O/c1-3-8-17-15-14(7-6-9-18-15)16(21)19-12-13(2)20-10-4-5-11-20/h6-7,9,13H,3-5,8,10-12H2,1-2H3,(H,17,18)(H,19,21). The Labute approximate surface area is 127 Å². The molecular formula is C16H26N4O. The van der Waals surface area contributed by atoms with Crippen molar-refractivity contribution in [3.8, 4) is 0 Å². The fourth-order valence-corrected chi connectivity index (χ4v) is 2.62. The second-order valence-corrected chi connectivity index (χ2v) is 5.63. The minimum Gasteiger partial charge on any atom is -0.369 e. The molecule has 1 amide bonds. The molecule has 1 atom stereocenters. The lowest BCUT2D eigenvalue weighted by molar-refractivity contribution is 0.0941. The van der Waals surface area contributed by atoms with Crippen LogP contribution in [-0.2, 0) is 0 Å². The average molecular weight is 290 g/mol. The normalized spacial score (nSPS) is 16.7. The Morgan fingerprint density at radius 3 is 2.90 bits per heavy atom. The monoisotopic (exact) mass is 290 g/mol. The highest BCUT2D eigenvalue weighted by molar-refractivity contribution is 5.98. The summed E-state index contributed by atoms with van der Waals surface area (Å²) in [5, 5.41) is 6.24. The van der Waals surface area contributed by atoms with Crippen LogP contribution in [0.25, 0.3) is 0 Å². The van der Waals surface area contributed by atoms with E-state index in [1.807, 2.05) is 6.07 Å². The highest BCUT2D eigenvalue weighted by Crippen LogP contribution is 2.13. The number of carbonyl (C=O) groups is 1. The molecule has 1 aliphatic heterocycles. The number of amides is 1. The number of likely N-dealkylation sites (tertiary alicyclic amines) is 1. The Hall–Kier alpha value is -1.62. The van der Waals surface area contributed by atoms with Crippen molar-refractivity contribution in [2.24, 2.45) is 0 Å². The maximum absolute atomic E-state index is 12.3. The molecule has 1 fully saturated rings. The van der Waals surface area contributed by atoms with E-state index in [4.69, 9.17) is 0 Å². The molecule has 0 aliphatic carbocycles. The van der Waals surface area contributed by atoms with Gasteiger partial charge in [-0.05, 0) is 51.4 Å². The van der Waals surface area contributed by atoms with Crippen molar-refractivity contribution >= 4 is 11.7 Å². The van der Waals surface area contributed by atoms with E-state index in [2.05, 4.69) is 34.4 Å². The van der Waals surface area contributed by atoms with Gasteiger partial charge in [-0.25, -0.2) is 4.98 Å². The van der Waals surface area contributed by atoms with Crippen molar-refractivity contribution in [3.63, 3.8) is 0 Å². The maximum atomic E-state index is 12.3. The highest BCUT2D eigenvalue weighted by atomic mass is 16.1. The van der Waals surface area contributed by atoms with Crippen LogP contribution in [0.3, 0.4) is 0 Å². The highest BCUT2D eigenvalue weighted by Gasteiger charge is 2.19. The largest absolute Gasteiger partial charge is 0.369 e. The number of nitrogens with one attached hydrogen (secondary N) is 2. The van der Waals surface area contributed by atoms with Gasteiger partial charge in [0.1, 0.15) is 5.82 Å². The molecule has 2 heterocycles. The Morgan fingerprint density at radius 2 is 2.19 bits per heavy atom. The van der Waals surface area contributed by atoms with Gasteiger partial charge in [0.15, 0.2) is 0 Å². The predicted molar refractivity (Wildman–Crippen MR) is 85.6 cm³/mol. The van der Waals surface area contributed by atoms with Gasteiger partial charge in [-0.3, -0.25) is 9.69 Å². The number of nitrogens with zero attached hydrogens (tertiary/aromatic N) is 2. The summed E-state index contributed by atoms with van der Waals surface area (Å²) >= 11 is 0. The number of rotatable bonds is 7. The smallest absolute Gasteiger partial charge is 0.255 e. The molecule has 1 unspecified atom stereocenters. The number of hydrogen-bond donors (Lipinski definition) is 2. The third-order valence-electron chi connectivity index (χ3n) is 3.92. The first kappa shape index (κ1) is 15.8. The van der Waals surface area contributed by atoms with Crippen LogP contribution in [0.5, 0.6) is 0 Å². The summed E-state index contributed by atoms with van der Waals surface area (Å²) in [4.78, 5) is 19.0. The first-order valence-corrected chi connectivity index (χ1v) is 7.93. The molecule has 1 aromatic rings. The lowest BCUT2D eigenvalue weighted by Crippen LogP contribution is -2.40. The van der Waals surface area contributed by atoms with Crippen LogP contribution in [0.1, 0.15) is 43.5 Å². The van der Waals surface area contributed by atoms with Crippen LogP contribution in [0.2, 0.25) is 0 Å². The molecule has 0 aromatic carbocycles. The van der Waals surface area contributed by atoms with Crippen LogP contribution >= 0.6 is 0 Å². The van der Waals surface area contributed by atoms with Gasteiger partial charge in [-0.1, -0.05) is 6.92 Å². The number of carbonyl (C=O) groups excluding carboxylic acids is 1. The lowest BCUT2D eigenvalue weighted by atomic mass is 10.2. The average Bonchev–Trinajstić information content (AvgIpc) is 3.05. The molecule has 0 radical (unpaired) electrons. The molecule has 2 N–H and O–H groups in total. The number of hydrogen-bond acceptors (Lipinski definition) is 4. The van der Waals surface area contributed by atoms with E-state index in [9.17, 15) is 4.79 Å². The van der Waals surface area contributed by atoms with Crippen LogP contribution in [0.4, 0.5) is 5.82 Å². The molecule has 0 spiro atoms. The third-order valence-corrected chi connectivity index (χ3v) is 3.92. The Kier molecular flexibility index (Phi) is 5.99. The minimum absolute atomic E-state index is 0.0484. The summed E-state index contributed by atoms with van der Waals surface area (Å²) in [6.07, 6.45) is 5.25. The van der Waals surface area contributed by atoms with Crippen LogP contribution in [0, 0.1) is 0 Å². The molecule has 21 heavy (non-hydrogen) atoms. The van der Waals surface area contributed by atoms with E-state index in [1.165, 1.54) is 12.8 Å². The summed E-state index contributed by atoms with van der Waals surface area (Å²) in [7, 11) is 0. The van der Waals surface area contributed by atoms with Gasteiger partial charge >= 0.3 is 0 Å². The summed E-state index contributed by atoms with van der Waals surface area (Å²) < 4.78 is 0. The van der Waals surface area contributed by atoms with E-state index < -0.39 is 0 Å². The summed E-state index contributed by atoms with van der Waals surface area (Å²) in [5.41, 5.74) is 0.625. The number of pyridine rings is 1. The van der Waals surface area contributed by atoms with Crippen molar-refractivity contribution in [1.82, 2.24) is 15.2 Å². The molecule has 2 rings (SSSR count). The topological polar surface area (TPSA) is 57.3 Å². The third kappa shape index (κ3) is 4.43. The van der Waals surface area contributed by atoms with Gasteiger partial charge in [0, 0.05) is 25.3 Å². The predicted octanol–water partition coefficient (Wildman–Crippen LogP) is 2.12. The van der Waals surface area contributed by atoms with E-state index in [1.54, 1.807) is 12.3 Å². The van der Waals surface area contributed by atoms with Gasteiger partial charge in [-0.2, -0.15) is 0 Å². The maximum Gasteiger partial charge on any atom is 0.255 e. The second-order valence-electron chi connectivity index (χ2n) is 5.63. The van der Waals surface area contributed by atoms with Crippen molar-refractivity contribution in [3.05, 3.63) is 23.9 Å². The quantitative estimate of drug-likeness (QED) is 0.807. The first-order chi connectivity index (χ1) is 10.2. The van der Waals surface area contributed by atoms with Crippen molar-refractivity contribution in [2.75, 3.05) is 31.5 Å². The molecule has 5 heteroatoms. The lowest BCUT2D eigenvalue weighted by Gasteiger charge is -2.24. The Bertz CT molecular complexity index is 457. The van der Waals surface area contributed by atoms with E-state index >= 15 is 0 Å². The first-order valence-electron chi connectivity index (χ1n) is 7.93. The summed E-state index contributed by atoms with van der Waals surface area (Å²) in [6.45, 7) is 8.06. The minimum atomic E-state index is -0.0484. The van der Waals surface area contributed by atoms with Crippen LogP contribution in [0.15, 0.2) is 18.3 Å². The van der Waals surface area contributed by atoms with Crippen molar-refractivity contribution in [1.29, 1.82) is 0 Å². The van der Waals surface area contributed by atoms with E-state index in [0.29, 0.717) is 24.0 Å².